The van der Waals surface area contributed by atoms with Gasteiger partial charge in [0.05, 0.1) is 23.6 Å². The van der Waals surface area contributed by atoms with Gasteiger partial charge in [0, 0.05) is 53.7 Å². The first-order valence-corrected chi connectivity index (χ1v) is 11.5. The average molecular weight is 498 g/mol. The fourth-order valence-electron chi connectivity index (χ4n) is 4.65. The number of nitrogens with zero attached hydrogens (tertiary/aromatic N) is 3. The average Bonchev–Trinajstić information content (AvgIpc) is 3.44. The lowest BCUT2D eigenvalue weighted by atomic mass is 9.96. The van der Waals surface area contributed by atoms with Gasteiger partial charge >= 0.3 is 0 Å². The fourth-order valence-corrected chi connectivity index (χ4v) is 4.65. The number of nitro groups is 1. The van der Waals surface area contributed by atoms with Crippen LogP contribution in [0.3, 0.4) is 0 Å². The number of carbonyl (C=O) groups excluding carboxylic acids is 2. The largest absolute Gasteiger partial charge is 0.507 e. The summed E-state index contributed by atoms with van der Waals surface area (Å²) in [6.07, 6.45) is 5.37. The molecule has 0 radical (unpaired) electrons. The lowest BCUT2D eigenvalue weighted by Gasteiger charge is -2.25. The molecule has 1 fully saturated rings. The van der Waals surface area contributed by atoms with Gasteiger partial charge in [-0.1, -0.05) is 18.2 Å². The number of ether oxygens (including phenoxy) is 1. The van der Waals surface area contributed by atoms with Crippen LogP contribution in [0.4, 0.5) is 5.69 Å². The number of H-pyrrole nitrogens is 1. The summed E-state index contributed by atoms with van der Waals surface area (Å²) in [6, 6.07) is 13.4. The van der Waals surface area contributed by atoms with E-state index < -0.39 is 28.4 Å². The molecule has 2 aromatic heterocycles. The molecule has 1 unspecified atom stereocenters. The summed E-state index contributed by atoms with van der Waals surface area (Å²) in [5.41, 5.74) is 2.07. The summed E-state index contributed by atoms with van der Waals surface area (Å²) in [5, 5.41) is 23.3. The van der Waals surface area contributed by atoms with Crippen molar-refractivity contribution >= 4 is 34.0 Å². The number of rotatable bonds is 7. The van der Waals surface area contributed by atoms with E-state index in [9.17, 15) is 24.8 Å². The predicted octanol–water partition coefficient (Wildman–Crippen LogP) is 4.14. The van der Waals surface area contributed by atoms with Crippen molar-refractivity contribution in [1.82, 2.24) is 14.9 Å². The molecule has 1 aliphatic heterocycles. The third-order valence-electron chi connectivity index (χ3n) is 6.47. The molecule has 4 aromatic rings. The Balaban J connectivity index is 1.55. The van der Waals surface area contributed by atoms with Crippen LogP contribution in [-0.4, -0.2) is 50.2 Å². The van der Waals surface area contributed by atoms with Gasteiger partial charge in [-0.25, -0.2) is 0 Å². The van der Waals surface area contributed by atoms with E-state index in [0.717, 1.165) is 16.5 Å². The summed E-state index contributed by atoms with van der Waals surface area (Å²) in [5.74, 6) is -1.41. The Bertz CT molecular complexity index is 1560. The minimum Gasteiger partial charge on any atom is -0.507 e. The van der Waals surface area contributed by atoms with Gasteiger partial charge < -0.3 is 19.7 Å². The highest BCUT2D eigenvalue weighted by molar-refractivity contribution is 6.46. The second kappa shape index (κ2) is 9.57. The van der Waals surface area contributed by atoms with Crippen molar-refractivity contribution in [3.05, 3.63) is 106 Å². The van der Waals surface area contributed by atoms with Crippen LogP contribution in [0, 0.1) is 10.1 Å². The number of aliphatic hydroxyl groups is 1. The lowest BCUT2D eigenvalue weighted by Crippen LogP contribution is -2.31. The zero-order valence-electron chi connectivity index (χ0n) is 19.7. The number of non-ortho nitro benzene ring substituents is 1. The molecule has 1 amide bonds. The second-order valence-corrected chi connectivity index (χ2v) is 8.56. The maximum absolute atomic E-state index is 13.2. The van der Waals surface area contributed by atoms with Crippen molar-refractivity contribution in [3.8, 4) is 5.75 Å². The summed E-state index contributed by atoms with van der Waals surface area (Å²) in [7, 11) is 1.59. The Hall–Kier alpha value is -4.99. The van der Waals surface area contributed by atoms with E-state index in [-0.39, 0.29) is 23.4 Å². The molecule has 0 bridgehead atoms. The van der Waals surface area contributed by atoms with Crippen molar-refractivity contribution < 1.29 is 24.4 Å². The van der Waals surface area contributed by atoms with Crippen LogP contribution in [0.15, 0.2) is 78.8 Å². The zero-order chi connectivity index (χ0) is 26.1. The highest BCUT2D eigenvalue weighted by Gasteiger charge is 2.46. The molecule has 5 rings (SSSR count). The Labute approximate surface area is 211 Å². The Morgan fingerprint density at radius 1 is 1.19 bits per heavy atom. The summed E-state index contributed by atoms with van der Waals surface area (Å²) >= 11 is 0. The summed E-state index contributed by atoms with van der Waals surface area (Å²) in [6.45, 7) is 0.181. The summed E-state index contributed by atoms with van der Waals surface area (Å²) < 4.78 is 5.33. The number of amides is 1. The summed E-state index contributed by atoms with van der Waals surface area (Å²) in [4.78, 5) is 45.8. The number of nitrogens with one attached hydrogen (secondary N) is 1. The first-order valence-electron chi connectivity index (χ1n) is 11.5. The molecular formula is C27H22N4O6. The minimum absolute atomic E-state index is 0.0739. The van der Waals surface area contributed by atoms with E-state index in [4.69, 9.17) is 4.74 Å². The van der Waals surface area contributed by atoms with E-state index in [1.54, 1.807) is 25.4 Å². The number of likely N-dealkylation sites (tertiary alicyclic amines) is 1. The maximum Gasteiger partial charge on any atom is 0.295 e. The number of aromatic amines is 1. The van der Waals surface area contributed by atoms with Gasteiger partial charge in [-0.3, -0.25) is 24.7 Å². The number of hydrogen-bond acceptors (Lipinski definition) is 7. The number of ketones is 1. The highest BCUT2D eigenvalue weighted by atomic mass is 16.6. The van der Waals surface area contributed by atoms with Gasteiger partial charge in [-0.2, -0.15) is 0 Å². The quantitative estimate of drug-likeness (QED) is 0.128. The molecule has 2 aromatic carbocycles. The van der Waals surface area contributed by atoms with Crippen LogP contribution in [0.2, 0.25) is 0 Å². The van der Waals surface area contributed by atoms with Gasteiger partial charge in [-0.15, -0.1) is 0 Å². The minimum atomic E-state index is -0.910. The van der Waals surface area contributed by atoms with Crippen molar-refractivity contribution in [2.24, 2.45) is 0 Å². The molecule has 1 atom stereocenters. The number of fused-ring (bicyclic) bond motifs is 1. The number of Topliss-reactive ketones (excluding diaryl/α,β-unsaturated/α-hetero) is 1. The van der Waals surface area contributed by atoms with Crippen LogP contribution in [0.25, 0.3) is 16.7 Å². The molecule has 3 heterocycles. The molecule has 37 heavy (non-hydrogen) atoms. The zero-order valence-corrected chi connectivity index (χ0v) is 19.7. The van der Waals surface area contributed by atoms with E-state index in [2.05, 4.69) is 9.97 Å². The monoisotopic (exact) mass is 498 g/mol. The number of nitro benzene ring substituents is 1. The highest BCUT2D eigenvalue weighted by Crippen LogP contribution is 2.39. The third-order valence-corrected chi connectivity index (χ3v) is 6.47. The number of benzene rings is 2. The molecule has 10 nitrogen and oxygen atoms in total. The Kier molecular flexibility index (Phi) is 6.14. The standard InChI is InChI=1S/C27H22N4O6/c1-37-20-7-8-22-21(13-20)17(15-29-22)9-11-30-24(18-5-3-10-28-14-18)23(26(33)27(30)34)25(32)16-4-2-6-19(12-16)31(35)36/h2-8,10,12-15,24,29,32H,9,11H2,1H3/b25-23-. The van der Waals surface area contributed by atoms with Crippen LogP contribution in [0.1, 0.15) is 22.7 Å². The number of aliphatic hydroxyl groups excluding tert-OH is 1. The van der Waals surface area contributed by atoms with Crippen LogP contribution in [-0.2, 0) is 16.0 Å². The first-order chi connectivity index (χ1) is 17.9. The number of aromatic nitrogens is 2. The number of carbonyl (C=O) groups is 2. The fraction of sp³-hybridized carbons (Fsp3) is 0.148. The second-order valence-electron chi connectivity index (χ2n) is 8.56. The molecule has 1 aliphatic rings. The van der Waals surface area contributed by atoms with E-state index in [1.165, 1.54) is 35.4 Å². The van der Waals surface area contributed by atoms with E-state index >= 15 is 0 Å². The molecule has 0 saturated carbocycles. The normalized spacial score (nSPS) is 16.9. The smallest absolute Gasteiger partial charge is 0.295 e. The van der Waals surface area contributed by atoms with Gasteiger partial charge in [0.25, 0.3) is 17.4 Å². The molecule has 0 spiro atoms. The topological polar surface area (TPSA) is 139 Å². The first kappa shape index (κ1) is 23.7. The lowest BCUT2D eigenvalue weighted by molar-refractivity contribution is -0.384. The van der Waals surface area contributed by atoms with Gasteiger partial charge in [0.15, 0.2) is 0 Å². The van der Waals surface area contributed by atoms with E-state index in [0.29, 0.717) is 17.7 Å². The molecule has 2 N–H and O–H groups in total. The molecular weight excluding hydrogens is 476 g/mol. The number of hydrogen-bond donors (Lipinski definition) is 2. The molecule has 1 saturated heterocycles. The Morgan fingerprint density at radius 3 is 2.76 bits per heavy atom. The SMILES string of the molecule is COc1ccc2[nH]cc(CCN3C(=O)C(=O)/C(=C(\O)c4cccc([N+](=O)[O-])c4)C3c3cccnc3)c2c1. The molecule has 10 heteroatoms. The van der Waals surface area contributed by atoms with Crippen molar-refractivity contribution in [2.75, 3.05) is 13.7 Å². The molecule has 186 valence electrons. The third kappa shape index (κ3) is 4.29. The van der Waals surface area contributed by atoms with Crippen LogP contribution in [0.5, 0.6) is 5.75 Å². The predicted molar refractivity (Wildman–Crippen MR) is 135 cm³/mol. The maximum atomic E-state index is 13.2. The van der Waals surface area contributed by atoms with Crippen molar-refractivity contribution in [3.63, 3.8) is 0 Å². The van der Waals surface area contributed by atoms with Gasteiger partial charge in [-0.05, 0) is 41.8 Å². The van der Waals surface area contributed by atoms with Crippen LogP contribution < -0.4 is 4.74 Å². The van der Waals surface area contributed by atoms with Crippen molar-refractivity contribution in [2.45, 2.75) is 12.5 Å². The van der Waals surface area contributed by atoms with Crippen LogP contribution >= 0.6 is 0 Å². The Morgan fingerprint density at radius 2 is 2.03 bits per heavy atom. The molecule has 0 aliphatic carbocycles. The van der Waals surface area contributed by atoms with E-state index in [1.807, 2.05) is 24.4 Å². The number of methoxy groups -OCH3 is 1. The van der Waals surface area contributed by atoms with Crippen molar-refractivity contribution in [1.29, 1.82) is 0 Å². The van der Waals surface area contributed by atoms with Gasteiger partial charge in [0.2, 0.25) is 0 Å². The number of pyridine rings is 1. The van der Waals surface area contributed by atoms with Gasteiger partial charge in [0.1, 0.15) is 11.5 Å².